The van der Waals surface area contributed by atoms with E-state index in [4.69, 9.17) is 9.73 Å². The minimum absolute atomic E-state index is 0.177. The molecular formula is C24H43N5O3. The van der Waals surface area contributed by atoms with Gasteiger partial charge in [0.25, 0.3) is 0 Å². The fraction of sp³-hybridized carbons (Fsp3) is 0.875. The van der Waals surface area contributed by atoms with Gasteiger partial charge in [0.2, 0.25) is 5.91 Å². The summed E-state index contributed by atoms with van der Waals surface area (Å²) >= 11 is 0. The van der Waals surface area contributed by atoms with E-state index < -0.39 is 5.60 Å². The highest BCUT2D eigenvalue weighted by Gasteiger charge is 2.35. The minimum Gasteiger partial charge on any atom is -0.444 e. The number of hydrogen-bond acceptors (Lipinski definition) is 4. The number of amides is 2. The Morgan fingerprint density at radius 1 is 1.03 bits per heavy atom. The number of likely N-dealkylation sites (tertiary alicyclic amines) is 2. The Morgan fingerprint density at radius 3 is 2.25 bits per heavy atom. The average Bonchev–Trinajstić information content (AvgIpc) is 3.39. The molecule has 1 N–H and O–H groups in total. The van der Waals surface area contributed by atoms with Crippen LogP contribution in [0.25, 0.3) is 0 Å². The molecule has 2 heterocycles. The Morgan fingerprint density at radius 2 is 1.69 bits per heavy atom. The van der Waals surface area contributed by atoms with Gasteiger partial charge in [0.05, 0.1) is 6.54 Å². The Bertz CT molecular complexity index is 657. The molecule has 0 spiro atoms. The summed E-state index contributed by atoms with van der Waals surface area (Å²) < 4.78 is 5.71. The van der Waals surface area contributed by atoms with Gasteiger partial charge in [-0.1, -0.05) is 0 Å². The van der Waals surface area contributed by atoms with Crippen molar-refractivity contribution in [1.82, 2.24) is 20.0 Å². The number of hydrogen-bond donors (Lipinski definition) is 1. The van der Waals surface area contributed by atoms with E-state index in [2.05, 4.69) is 17.1 Å². The summed E-state index contributed by atoms with van der Waals surface area (Å²) in [4.78, 5) is 36.1. The van der Waals surface area contributed by atoms with Crippen molar-refractivity contribution in [2.45, 2.75) is 84.3 Å². The quantitative estimate of drug-likeness (QED) is 0.477. The number of ether oxygens (including phenoxy) is 1. The Kier molecular flexibility index (Phi) is 8.65. The van der Waals surface area contributed by atoms with Gasteiger partial charge >= 0.3 is 6.09 Å². The van der Waals surface area contributed by atoms with Gasteiger partial charge in [-0.2, -0.15) is 0 Å². The number of nitrogens with zero attached hydrogens (tertiary/aromatic N) is 4. The molecule has 0 radical (unpaired) electrons. The van der Waals surface area contributed by atoms with Crippen molar-refractivity contribution >= 4 is 18.0 Å². The van der Waals surface area contributed by atoms with Crippen molar-refractivity contribution in [2.75, 3.05) is 45.8 Å². The zero-order valence-electron chi connectivity index (χ0n) is 20.6. The molecule has 8 nitrogen and oxygen atoms in total. The Labute approximate surface area is 193 Å². The molecule has 2 saturated heterocycles. The number of guanidine groups is 1. The lowest BCUT2D eigenvalue weighted by Gasteiger charge is -2.40. The van der Waals surface area contributed by atoms with Crippen LogP contribution in [0.2, 0.25) is 0 Å². The van der Waals surface area contributed by atoms with Crippen LogP contribution in [0, 0.1) is 5.92 Å². The minimum atomic E-state index is -0.475. The number of piperidine rings is 1. The first-order chi connectivity index (χ1) is 15.3. The van der Waals surface area contributed by atoms with Gasteiger partial charge in [0.15, 0.2) is 5.96 Å². The molecule has 0 aromatic rings. The molecule has 3 fully saturated rings. The van der Waals surface area contributed by atoms with Gasteiger partial charge < -0.3 is 24.8 Å². The summed E-state index contributed by atoms with van der Waals surface area (Å²) in [6.07, 6.45) is 6.77. The highest BCUT2D eigenvalue weighted by molar-refractivity contribution is 5.81. The maximum absolute atomic E-state index is 12.9. The number of carbonyl (C=O) groups is 2. The maximum atomic E-state index is 12.9. The molecule has 0 atom stereocenters. The molecule has 0 unspecified atom stereocenters. The van der Waals surface area contributed by atoms with Gasteiger partial charge in [-0.15, -0.1) is 0 Å². The van der Waals surface area contributed by atoms with Crippen LogP contribution in [0.15, 0.2) is 4.99 Å². The van der Waals surface area contributed by atoms with Crippen molar-refractivity contribution in [3.05, 3.63) is 0 Å². The second-order valence-electron chi connectivity index (χ2n) is 10.4. The van der Waals surface area contributed by atoms with Crippen LogP contribution in [0.4, 0.5) is 4.79 Å². The van der Waals surface area contributed by atoms with E-state index in [1.54, 1.807) is 0 Å². The van der Waals surface area contributed by atoms with E-state index in [0.29, 0.717) is 18.9 Å². The third kappa shape index (κ3) is 7.55. The van der Waals surface area contributed by atoms with Gasteiger partial charge in [0, 0.05) is 51.7 Å². The van der Waals surface area contributed by atoms with Gasteiger partial charge in [-0.05, 0) is 72.1 Å². The summed E-state index contributed by atoms with van der Waals surface area (Å²) in [5, 5.41) is 3.38. The lowest BCUT2D eigenvalue weighted by atomic mass is 10.0. The summed E-state index contributed by atoms with van der Waals surface area (Å²) in [5.41, 5.74) is -0.475. The smallest absolute Gasteiger partial charge is 0.410 e. The first-order valence-electron chi connectivity index (χ1n) is 12.6. The molecular weight excluding hydrogens is 406 g/mol. The van der Waals surface area contributed by atoms with E-state index >= 15 is 0 Å². The van der Waals surface area contributed by atoms with E-state index in [1.165, 1.54) is 12.8 Å². The SMILES string of the molecule is CCNC(=NCCC(=O)N1CCCC1)N1CCC(N(CC2CC2)C(=O)OC(C)(C)C)CC1. The van der Waals surface area contributed by atoms with Gasteiger partial charge in [0.1, 0.15) is 5.60 Å². The third-order valence-electron chi connectivity index (χ3n) is 6.37. The van der Waals surface area contributed by atoms with E-state index in [0.717, 1.165) is 70.9 Å². The molecule has 8 heteroatoms. The highest BCUT2D eigenvalue weighted by Crippen LogP contribution is 2.32. The predicted octanol–water partition coefficient (Wildman–Crippen LogP) is 3.08. The summed E-state index contributed by atoms with van der Waals surface area (Å²) in [6, 6.07) is 0.210. The average molecular weight is 450 g/mol. The molecule has 2 amide bonds. The first kappa shape index (κ1) is 24.6. The summed E-state index contributed by atoms with van der Waals surface area (Å²) in [5.74, 6) is 1.73. The number of aliphatic imine (C=N–C) groups is 1. The second kappa shape index (κ2) is 11.2. The number of nitrogens with one attached hydrogen (secondary N) is 1. The molecule has 3 rings (SSSR count). The molecule has 32 heavy (non-hydrogen) atoms. The zero-order chi connectivity index (χ0) is 23.1. The largest absolute Gasteiger partial charge is 0.444 e. The van der Waals surface area contributed by atoms with Crippen molar-refractivity contribution in [3.8, 4) is 0 Å². The molecule has 1 saturated carbocycles. The normalized spacial score (nSPS) is 20.4. The second-order valence-corrected chi connectivity index (χ2v) is 10.4. The van der Waals surface area contributed by atoms with Gasteiger partial charge in [-0.3, -0.25) is 9.79 Å². The van der Waals surface area contributed by atoms with Crippen molar-refractivity contribution < 1.29 is 14.3 Å². The maximum Gasteiger partial charge on any atom is 0.410 e. The van der Waals surface area contributed by atoms with Crippen molar-refractivity contribution in [1.29, 1.82) is 0 Å². The standard InChI is InChI=1S/C24H43N5O3/c1-5-25-22(26-13-10-21(30)27-14-6-7-15-27)28-16-11-20(12-17-28)29(18-19-8-9-19)23(31)32-24(2,3)4/h19-20H,5-18H2,1-4H3,(H,25,26). The fourth-order valence-corrected chi connectivity index (χ4v) is 4.47. The highest BCUT2D eigenvalue weighted by atomic mass is 16.6. The molecule has 2 aliphatic heterocycles. The van der Waals surface area contributed by atoms with E-state index in [1.807, 2.05) is 30.6 Å². The molecule has 3 aliphatic rings. The summed E-state index contributed by atoms with van der Waals surface area (Å²) in [6.45, 7) is 13.5. The number of carbonyl (C=O) groups excluding carboxylic acids is 2. The number of rotatable bonds is 7. The zero-order valence-corrected chi connectivity index (χ0v) is 20.6. The van der Waals surface area contributed by atoms with Crippen LogP contribution in [-0.2, 0) is 9.53 Å². The molecule has 182 valence electrons. The van der Waals surface area contributed by atoms with Crippen LogP contribution >= 0.6 is 0 Å². The third-order valence-corrected chi connectivity index (χ3v) is 6.37. The van der Waals surface area contributed by atoms with Crippen LogP contribution in [-0.4, -0.2) is 90.1 Å². The van der Waals surface area contributed by atoms with Crippen LogP contribution < -0.4 is 5.32 Å². The van der Waals surface area contributed by atoms with Crippen molar-refractivity contribution in [2.24, 2.45) is 10.9 Å². The van der Waals surface area contributed by atoms with Crippen molar-refractivity contribution in [3.63, 3.8) is 0 Å². The Balaban J connectivity index is 1.53. The molecule has 1 aliphatic carbocycles. The lowest BCUT2D eigenvalue weighted by Crippen LogP contribution is -2.52. The van der Waals surface area contributed by atoms with E-state index in [-0.39, 0.29) is 18.0 Å². The van der Waals surface area contributed by atoms with Gasteiger partial charge in [-0.25, -0.2) is 4.79 Å². The Hall–Kier alpha value is -1.99. The predicted molar refractivity (Wildman–Crippen MR) is 127 cm³/mol. The van der Waals surface area contributed by atoms with E-state index in [9.17, 15) is 9.59 Å². The molecule has 0 aromatic carbocycles. The molecule has 0 bridgehead atoms. The van der Waals surface area contributed by atoms with Crippen LogP contribution in [0.5, 0.6) is 0 Å². The lowest BCUT2D eigenvalue weighted by molar-refractivity contribution is -0.129. The summed E-state index contributed by atoms with van der Waals surface area (Å²) in [7, 11) is 0. The van der Waals surface area contributed by atoms with Crippen LogP contribution in [0.3, 0.4) is 0 Å². The monoisotopic (exact) mass is 449 g/mol. The first-order valence-corrected chi connectivity index (χ1v) is 12.6. The van der Waals surface area contributed by atoms with Crippen LogP contribution in [0.1, 0.15) is 72.6 Å². The molecule has 0 aromatic heterocycles. The fourth-order valence-electron chi connectivity index (χ4n) is 4.47. The topological polar surface area (TPSA) is 77.5 Å².